The van der Waals surface area contributed by atoms with Gasteiger partial charge >= 0.3 is 0 Å². The summed E-state index contributed by atoms with van der Waals surface area (Å²) in [5.74, 6) is 4.00. The highest BCUT2D eigenvalue weighted by Crippen LogP contribution is 2.48. The van der Waals surface area contributed by atoms with E-state index in [1.54, 1.807) is 0 Å². The van der Waals surface area contributed by atoms with Crippen LogP contribution in [0.4, 0.5) is 0 Å². The summed E-state index contributed by atoms with van der Waals surface area (Å²) in [5, 5.41) is 3.48. The highest BCUT2D eigenvalue weighted by molar-refractivity contribution is 5.80. The van der Waals surface area contributed by atoms with Gasteiger partial charge in [0.1, 0.15) is 0 Å². The van der Waals surface area contributed by atoms with E-state index in [-0.39, 0.29) is 18.0 Å². The molecule has 160 valence electrons. The van der Waals surface area contributed by atoms with Crippen LogP contribution in [0.1, 0.15) is 78.6 Å². The molecule has 2 aliphatic heterocycles. The average Bonchev–Trinajstić information content (AvgIpc) is 2.89. The van der Waals surface area contributed by atoms with Crippen molar-refractivity contribution < 1.29 is 4.79 Å². The minimum absolute atomic E-state index is 0.113. The van der Waals surface area contributed by atoms with Crippen molar-refractivity contribution in [2.75, 3.05) is 7.05 Å². The maximum absolute atomic E-state index is 13.7. The van der Waals surface area contributed by atoms with E-state index < -0.39 is 0 Å². The lowest BCUT2D eigenvalue weighted by atomic mass is 9.66. The first-order valence-electron chi connectivity index (χ1n) is 12.1. The highest BCUT2D eigenvalue weighted by atomic mass is 16.2. The fourth-order valence-electron chi connectivity index (χ4n) is 7.15. The molecule has 0 aromatic rings. The smallest absolute Gasteiger partial charge is 0.225 e. The Hall–Kier alpha value is -0.610. The van der Waals surface area contributed by atoms with Gasteiger partial charge in [-0.3, -0.25) is 9.69 Å². The van der Waals surface area contributed by atoms with Crippen molar-refractivity contribution in [3.63, 3.8) is 0 Å². The van der Waals surface area contributed by atoms with Crippen LogP contribution in [0.5, 0.6) is 0 Å². The molecule has 28 heavy (non-hydrogen) atoms. The minimum atomic E-state index is 0.113. The number of carbonyl (C=O) groups excluding carboxylic acids is 1. The lowest BCUT2D eigenvalue weighted by Crippen LogP contribution is -2.59. The molecule has 4 fully saturated rings. The normalized spacial score (nSPS) is 49.8. The number of nitrogens with zero attached hydrogens (tertiary/aromatic N) is 1. The molecule has 8 atom stereocenters. The monoisotopic (exact) mass is 389 g/mol. The minimum Gasteiger partial charge on any atom is -0.352 e. The van der Waals surface area contributed by atoms with Crippen LogP contribution < -0.4 is 11.1 Å². The van der Waals surface area contributed by atoms with Crippen molar-refractivity contribution in [2.45, 2.75) is 103 Å². The predicted octanol–water partition coefficient (Wildman–Crippen LogP) is 3.79. The standard InChI is InChI=1S/C24H43N3O/c1-14-5-7-17(8-6-14)19-13-18-9-10-22(27(18)4)23(19)24(28)26-21-12-16(3)15(2)11-20(21)25/h14-23H,5-13,25H2,1-4H3,(H,26,28)/t14?,15?,16?,17?,18-,19-,20?,21?,22?,23?/m1/s1. The lowest BCUT2D eigenvalue weighted by Gasteiger charge is -2.47. The molecule has 4 rings (SSSR count). The molecule has 6 unspecified atom stereocenters. The molecule has 2 heterocycles. The van der Waals surface area contributed by atoms with Crippen LogP contribution in [0.15, 0.2) is 0 Å². The molecule has 1 amide bonds. The first-order chi connectivity index (χ1) is 13.3. The van der Waals surface area contributed by atoms with E-state index in [0.717, 1.165) is 24.7 Å². The molecular formula is C24H43N3O. The maximum Gasteiger partial charge on any atom is 0.225 e. The summed E-state index contributed by atoms with van der Waals surface area (Å²) in [6, 6.07) is 1.42. The number of hydrogen-bond donors (Lipinski definition) is 2. The van der Waals surface area contributed by atoms with Crippen molar-refractivity contribution in [2.24, 2.45) is 41.2 Å². The average molecular weight is 390 g/mol. The molecular weight excluding hydrogens is 346 g/mol. The SMILES string of the molecule is CC1CCC([C@H]2C[C@H]3CCC(C2C(=O)NC2CC(C)C(C)CC2N)N3C)CC1. The van der Waals surface area contributed by atoms with Crippen molar-refractivity contribution in [3.05, 3.63) is 0 Å². The van der Waals surface area contributed by atoms with Crippen LogP contribution >= 0.6 is 0 Å². The zero-order valence-electron chi connectivity index (χ0n) is 18.6. The van der Waals surface area contributed by atoms with Crippen molar-refractivity contribution in [3.8, 4) is 0 Å². The molecule has 0 aromatic carbocycles. The zero-order chi connectivity index (χ0) is 20.0. The van der Waals surface area contributed by atoms with E-state index in [9.17, 15) is 4.79 Å². The van der Waals surface area contributed by atoms with E-state index >= 15 is 0 Å². The quantitative estimate of drug-likeness (QED) is 0.772. The third kappa shape index (κ3) is 3.88. The van der Waals surface area contributed by atoms with Gasteiger partial charge in [0.25, 0.3) is 0 Å². The van der Waals surface area contributed by atoms with Gasteiger partial charge in [-0.2, -0.15) is 0 Å². The third-order valence-corrected chi connectivity index (χ3v) is 9.37. The van der Waals surface area contributed by atoms with Crippen LogP contribution in [-0.4, -0.2) is 42.0 Å². The van der Waals surface area contributed by atoms with Crippen molar-refractivity contribution >= 4 is 5.91 Å². The summed E-state index contributed by atoms with van der Waals surface area (Å²) in [5.41, 5.74) is 6.48. The Balaban J connectivity index is 1.49. The number of carbonyl (C=O) groups is 1. The Morgan fingerprint density at radius 2 is 1.61 bits per heavy atom. The molecule has 4 nitrogen and oxygen atoms in total. The second-order valence-electron chi connectivity index (χ2n) is 11.1. The number of nitrogens with one attached hydrogen (secondary N) is 1. The second-order valence-corrected chi connectivity index (χ2v) is 11.1. The first kappa shape index (κ1) is 20.7. The molecule has 2 saturated heterocycles. The summed E-state index contributed by atoms with van der Waals surface area (Å²) in [7, 11) is 2.26. The van der Waals surface area contributed by atoms with Gasteiger partial charge < -0.3 is 11.1 Å². The molecule has 0 aromatic heterocycles. The van der Waals surface area contributed by atoms with Gasteiger partial charge in [0.15, 0.2) is 0 Å². The molecule has 4 heteroatoms. The number of amides is 1. The molecule has 4 aliphatic rings. The molecule has 2 saturated carbocycles. The van der Waals surface area contributed by atoms with E-state index in [0.29, 0.717) is 35.7 Å². The van der Waals surface area contributed by atoms with Crippen LogP contribution in [0, 0.1) is 35.5 Å². The third-order valence-electron chi connectivity index (χ3n) is 9.37. The predicted molar refractivity (Wildman–Crippen MR) is 115 cm³/mol. The van der Waals surface area contributed by atoms with E-state index in [4.69, 9.17) is 5.73 Å². The Labute approximate surface area is 172 Å². The number of hydrogen-bond acceptors (Lipinski definition) is 3. The van der Waals surface area contributed by atoms with Gasteiger partial charge in [-0.25, -0.2) is 0 Å². The van der Waals surface area contributed by atoms with E-state index in [1.807, 2.05) is 0 Å². The number of fused-ring (bicyclic) bond motifs is 2. The highest BCUT2D eigenvalue weighted by Gasteiger charge is 2.51. The van der Waals surface area contributed by atoms with Crippen LogP contribution in [0.25, 0.3) is 0 Å². The first-order valence-corrected chi connectivity index (χ1v) is 12.1. The molecule has 3 N–H and O–H groups in total. The second kappa shape index (κ2) is 8.26. The van der Waals surface area contributed by atoms with Gasteiger partial charge in [0.2, 0.25) is 5.91 Å². The van der Waals surface area contributed by atoms with Gasteiger partial charge in [-0.15, -0.1) is 0 Å². The number of nitrogens with two attached hydrogens (primary N) is 1. The summed E-state index contributed by atoms with van der Waals surface area (Å²) >= 11 is 0. The fraction of sp³-hybridized carbons (Fsp3) is 0.958. The Morgan fingerprint density at radius 1 is 0.929 bits per heavy atom. The summed E-state index contributed by atoms with van der Waals surface area (Å²) in [4.78, 5) is 16.2. The van der Waals surface area contributed by atoms with Gasteiger partial charge in [-0.05, 0) is 81.6 Å². The van der Waals surface area contributed by atoms with Gasteiger partial charge in [0.05, 0.1) is 5.92 Å². The van der Waals surface area contributed by atoms with E-state index in [1.165, 1.54) is 44.9 Å². The summed E-state index contributed by atoms with van der Waals surface area (Å²) in [6.45, 7) is 7.01. The van der Waals surface area contributed by atoms with Gasteiger partial charge in [0, 0.05) is 24.2 Å². The van der Waals surface area contributed by atoms with Crippen LogP contribution in [0.3, 0.4) is 0 Å². The zero-order valence-corrected chi connectivity index (χ0v) is 18.6. The molecule has 0 radical (unpaired) electrons. The van der Waals surface area contributed by atoms with Crippen LogP contribution in [-0.2, 0) is 4.79 Å². The topological polar surface area (TPSA) is 58.4 Å². The summed E-state index contributed by atoms with van der Waals surface area (Å²) in [6.07, 6.45) is 11.1. The number of rotatable bonds is 3. The fourth-order valence-corrected chi connectivity index (χ4v) is 7.15. The Bertz CT molecular complexity index is 558. The molecule has 0 spiro atoms. The summed E-state index contributed by atoms with van der Waals surface area (Å²) < 4.78 is 0. The Morgan fingerprint density at radius 3 is 2.32 bits per heavy atom. The number of piperidine rings is 1. The van der Waals surface area contributed by atoms with Crippen molar-refractivity contribution in [1.29, 1.82) is 0 Å². The lowest BCUT2D eigenvalue weighted by molar-refractivity contribution is -0.134. The maximum atomic E-state index is 13.7. The molecule has 2 bridgehead atoms. The Kier molecular flexibility index (Phi) is 6.09. The largest absolute Gasteiger partial charge is 0.352 e. The van der Waals surface area contributed by atoms with Gasteiger partial charge in [-0.1, -0.05) is 33.6 Å². The van der Waals surface area contributed by atoms with E-state index in [2.05, 4.69) is 38.0 Å². The molecule has 2 aliphatic carbocycles. The van der Waals surface area contributed by atoms with Crippen molar-refractivity contribution in [1.82, 2.24) is 10.2 Å². The van der Waals surface area contributed by atoms with Crippen LogP contribution in [0.2, 0.25) is 0 Å².